The van der Waals surface area contributed by atoms with Crippen molar-refractivity contribution in [2.24, 2.45) is 0 Å². The fourth-order valence-corrected chi connectivity index (χ4v) is 11.1. The SMILES string of the molecule is C/C=C(\C)[C@H](C[C@H](O[Si](c1ccccc1)(c1ccccc1)C(C)(C)C)c1ccccc1)Sc1ccccc1. The summed E-state index contributed by atoms with van der Waals surface area (Å²) in [6.45, 7) is 11.5. The van der Waals surface area contributed by atoms with Crippen molar-refractivity contribution in [2.45, 2.75) is 62.3 Å². The number of hydrogen-bond acceptors (Lipinski definition) is 2. The Balaban J connectivity index is 1.85. The summed E-state index contributed by atoms with van der Waals surface area (Å²) in [6, 6.07) is 43.5. The van der Waals surface area contributed by atoms with Crippen LogP contribution in [0.1, 0.15) is 52.7 Å². The highest BCUT2D eigenvalue weighted by atomic mass is 32.2. The largest absolute Gasteiger partial charge is 0.400 e. The van der Waals surface area contributed by atoms with E-state index >= 15 is 0 Å². The lowest BCUT2D eigenvalue weighted by molar-refractivity contribution is 0.182. The molecule has 0 saturated carbocycles. The zero-order chi connectivity index (χ0) is 27.0. The number of thioether (sulfide) groups is 1. The molecule has 0 N–H and O–H groups in total. The van der Waals surface area contributed by atoms with Gasteiger partial charge in [0.15, 0.2) is 0 Å². The van der Waals surface area contributed by atoms with Crippen molar-refractivity contribution in [1.82, 2.24) is 0 Å². The third-order valence-electron chi connectivity index (χ3n) is 7.32. The lowest BCUT2D eigenvalue weighted by Crippen LogP contribution is -2.67. The second-order valence-electron chi connectivity index (χ2n) is 10.9. The zero-order valence-corrected chi connectivity index (χ0v) is 25.1. The minimum absolute atomic E-state index is 0.0568. The average molecular weight is 537 g/mol. The summed E-state index contributed by atoms with van der Waals surface area (Å²) < 4.78 is 7.72. The van der Waals surface area contributed by atoms with E-state index in [4.69, 9.17) is 4.43 Å². The highest BCUT2D eigenvalue weighted by molar-refractivity contribution is 8.00. The molecule has 196 valence electrons. The van der Waals surface area contributed by atoms with Gasteiger partial charge in [-0.25, -0.2) is 0 Å². The first-order valence-corrected chi connectivity index (χ1v) is 16.3. The predicted molar refractivity (Wildman–Crippen MR) is 168 cm³/mol. The first-order chi connectivity index (χ1) is 18.3. The fourth-order valence-electron chi connectivity index (χ4n) is 5.20. The zero-order valence-electron chi connectivity index (χ0n) is 23.3. The molecule has 0 radical (unpaired) electrons. The molecule has 0 aromatic heterocycles. The summed E-state index contributed by atoms with van der Waals surface area (Å²) in [7, 11) is -2.73. The first kappa shape index (κ1) is 28.2. The number of hydrogen-bond donors (Lipinski definition) is 0. The van der Waals surface area contributed by atoms with Gasteiger partial charge < -0.3 is 4.43 Å². The summed E-state index contributed by atoms with van der Waals surface area (Å²) in [5.41, 5.74) is 2.62. The molecule has 0 spiro atoms. The van der Waals surface area contributed by atoms with E-state index in [0.717, 1.165) is 6.42 Å². The van der Waals surface area contributed by atoms with Crippen LogP contribution in [0.15, 0.2) is 138 Å². The molecule has 0 aliphatic carbocycles. The molecule has 0 fully saturated rings. The number of benzene rings is 4. The molecular weight excluding hydrogens is 497 g/mol. The molecule has 0 amide bonds. The monoisotopic (exact) mass is 536 g/mol. The van der Waals surface area contributed by atoms with E-state index < -0.39 is 8.32 Å². The maximum Gasteiger partial charge on any atom is 0.261 e. The van der Waals surface area contributed by atoms with Crippen molar-refractivity contribution in [3.8, 4) is 0 Å². The molecule has 0 aliphatic heterocycles. The van der Waals surface area contributed by atoms with Gasteiger partial charge in [0.1, 0.15) is 0 Å². The van der Waals surface area contributed by atoms with Crippen molar-refractivity contribution in [2.75, 3.05) is 0 Å². The molecule has 0 aliphatic rings. The molecule has 38 heavy (non-hydrogen) atoms. The van der Waals surface area contributed by atoms with Gasteiger partial charge in [0.25, 0.3) is 8.32 Å². The van der Waals surface area contributed by atoms with Crippen LogP contribution in [0.2, 0.25) is 5.04 Å². The quantitative estimate of drug-likeness (QED) is 0.114. The van der Waals surface area contributed by atoms with Crippen molar-refractivity contribution >= 4 is 30.5 Å². The minimum atomic E-state index is -2.73. The highest BCUT2D eigenvalue weighted by Gasteiger charge is 2.51. The second-order valence-corrected chi connectivity index (χ2v) is 16.4. The standard InChI is InChI=1S/C35H40OSSi/c1-6-28(2)34(37-30-21-13-8-14-22-30)27-33(29-19-11-7-12-20-29)36-38(35(3,4)5,31-23-15-9-16-24-31)32-25-17-10-18-26-32/h6-26,33-34H,27H2,1-5H3/b28-6+/t33-,34-/m0/s1. The van der Waals surface area contributed by atoms with E-state index in [1.165, 1.54) is 26.4 Å². The Labute approximate surface area is 235 Å². The Bertz CT molecular complexity index is 1240. The van der Waals surface area contributed by atoms with Crippen molar-refractivity contribution in [3.05, 3.63) is 139 Å². The normalized spacial score (nSPS) is 14.2. The third-order valence-corrected chi connectivity index (χ3v) is 13.8. The molecule has 0 bridgehead atoms. The van der Waals surface area contributed by atoms with E-state index in [1.54, 1.807) is 0 Å². The number of allylic oxidation sites excluding steroid dienone is 1. The van der Waals surface area contributed by atoms with Crippen LogP contribution in [0.25, 0.3) is 0 Å². The van der Waals surface area contributed by atoms with Crippen LogP contribution >= 0.6 is 11.8 Å². The van der Waals surface area contributed by atoms with Crippen LogP contribution in [0.4, 0.5) is 0 Å². The van der Waals surface area contributed by atoms with Crippen LogP contribution in [-0.4, -0.2) is 13.6 Å². The molecule has 4 rings (SSSR count). The summed E-state index contributed by atoms with van der Waals surface area (Å²) >= 11 is 1.94. The molecule has 0 saturated heterocycles. The summed E-state index contributed by atoms with van der Waals surface area (Å²) in [5.74, 6) is 0. The van der Waals surface area contributed by atoms with Gasteiger partial charge in [-0.15, -0.1) is 11.8 Å². The smallest absolute Gasteiger partial charge is 0.261 e. The van der Waals surface area contributed by atoms with Gasteiger partial charge in [0, 0.05) is 10.1 Å². The van der Waals surface area contributed by atoms with E-state index in [-0.39, 0.29) is 11.1 Å². The summed E-state index contributed by atoms with van der Waals surface area (Å²) in [4.78, 5) is 1.29. The Hall–Kier alpha value is -2.85. The van der Waals surface area contributed by atoms with Crippen molar-refractivity contribution < 1.29 is 4.43 Å². The van der Waals surface area contributed by atoms with Gasteiger partial charge in [-0.3, -0.25) is 0 Å². The highest BCUT2D eigenvalue weighted by Crippen LogP contribution is 2.43. The molecule has 1 nitrogen and oxygen atoms in total. The van der Waals surface area contributed by atoms with E-state index in [9.17, 15) is 0 Å². The Morgan fingerprint density at radius 1 is 0.737 bits per heavy atom. The van der Waals surface area contributed by atoms with E-state index in [0.29, 0.717) is 5.25 Å². The van der Waals surface area contributed by atoms with Crippen LogP contribution < -0.4 is 10.4 Å². The van der Waals surface area contributed by atoms with Crippen molar-refractivity contribution in [1.29, 1.82) is 0 Å². The summed E-state index contributed by atoms with van der Waals surface area (Å²) in [5, 5.41) is 2.84. The Morgan fingerprint density at radius 2 is 1.18 bits per heavy atom. The fraction of sp³-hybridized carbons (Fsp3) is 0.257. The van der Waals surface area contributed by atoms with Crippen LogP contribution in [-0.2, 0) is 4.43 Å². The predicted octanol–water partition coefficient (Wildman–Crippen LogP) is 8.82. The van der Waals surface area contributed by atoms with Gasteiger partial charge in [-0.05, 0) is 53.4 Å². The summed E-state index contributed by atoms with van der Waals surface area (Å²) in [6.07, 6.45) is 3.09. The Morgan fingerprint density at radius 3 is 1.63 bits per heavy atom. The molecule has 0 unspecified atom stereocenters. The van der Waals surface area contributed by atoms with Crippen LogP contribution in [0.3, 0.4) is 0 Å². The van der Waals surface area contributed by atoms with Gasteiger partial charge >= 0.3 is 0 Å². The Kier molecular flexibility index (Phi) is 9.48. The van der Waals surface area contributed by atoms with Gasteiger partial charge in [0.2, 0.25) is 0 Å². The van der Waals surface area contributed by atoms with E-state index in [2.05, 4.69) is 162 Å². The lowest BCUT2D eigenvalue weighted by atomic mass is 10.0. The van der Waals surface area contributed by atoms with Crippen LogP contribution in [0.5, 0.6) is 0 Å². The third kappa shape index (κ3) is 6.40. The maximum absolute atomic E-state index is 7.72. The second kappa shape index (κ2) is 12.8. The topological polar surface area (TPSA) is 9.23 Å². The first-order valence-electron chi connectivity index (χ1n) is 13.5. The molecular formula is C35H40OSSi. The van der Waals surface area contributed by atoms with Crippen molar-refractivity contribution in [3.63, 3.8) is 0 Å². The number of rotatable bonds is 10. The minimum Gasteiger partial charge on any atom is -0.400 e. The molecule has 4 aromatic rings. The average Bonchev–Trinajstić information content (AvgIpc) is 2.95. The van der Waals surface area contributed by atoms with Crippen LogP contribution in [0, 0.1) is 0 Å². The molecule has 3 heteroatoms. The van der Waals surface area contributed by atoms with E-state index in [1.807, 2.05) is 11.8 Å². The maximum atomic E-state index is 7.72. The molecule has 2 atom stereocenters. The lowest BCUT2D eigenvalue weighted by Gasteiger charge is -2.45. The van der Waals surface area contributed by atoms with Gasteiger partial charge in [-0.2, -0.15) is 0 Å². The molecule has 4 aromatic carbocycles. The van der Waals surface area contributed by atoms with Gasteiger partial charge in [0.05, 0.1) is 6.10 Å². The van der Waals surface area contributed by atoms with Gasteiger partial charge in [-0.1, -0.05) is 142 Å². The molecule has 0 heterocycles.